The van der Waals surface area contributed by atoms with Gasteiger partial charge in [0.25, 0.3) is 5.91 Å². The molecule has 4 rings (SSSR count). The average molecular weight is 285 g/mol. The van der Waals surface area contributed by atoms with Gasteiger partial charge in [-0.15, -0.1) is 0 Å². The summed E-state index contributed by atoms with van der Waals surface area (Å²) in [5.41, 5.74) is 5.18. The van der Waals surface area contributed by atoms with Crippen LogP contribution in [0.1, 0.15) is 15.9 Å². The lowest BCUT2D eigenvalue weighted by Crippen LogP contribution is -2.20. The number of benzene rings is 3. The average Bonchev–Trinajstić information content (AvgIpc) is 2.82. The van der Waals surface area contributed by atoms with Crippen LogP contribution in [0.3, 0.4) is 0 Å². The van der Waals surface area contributed by atoms with Gasteiger partial charge in [-0.1, -0.05) is 55.1 Å². The van der Waals surface area contributed by atoms with E-state index in [4.69, 9.17) is 0 Å². The van der Waals surface area contributed by atoms with E-state index >= 15 is 0 Å². The van der Waals surface area contributed by atoms with Crippen molar-refractivity contribution in [1.82, 2.24) is 0 Å². The summed E-state index contributed by atoms with van der Waals surface area (Å²) in [4.78, 5) is 14.0. The molecule has 2 heteroatoms. The van der Waals surface area contributed by atoms with Crippen molar-refractivity contribution >= 4 is 28.4 Å². The first kappa shape index (κ1) is 12.8. The number of hydrogen-bond acceptors (Lipinski definition) is 1. The quantitative estimate of drug-likeness (QED) is 0.666. The Morgan fingerprint density at radius 1 is 0.955 bits per heavy atom. The minimum absolute atomic E-state index is 0.0692. The van der Waals surface area contributed by atoms with Gasteiger partial charge in [-0.3, -0.25) is 4.79 Å². The minimum Gasteiger partial charge on any atom is -0.311 e. The molecule has 0 saturated heterocycles. The molecular formula is C20H15NO. The number of rotatable bonds is 2. The van der Waals surface area contributed by atoms with Crippen LogP contribution >= 0.6 is 0 Å². The lowest BCUT2D eigenvalue weighted by Gasteiger charge is -2.12. The molecule has 0 unspecified atom stereocenters. The van der Waals surface area contributed by atoms with Gasteiger partial charge in [0.15, 0.2) is 0 Å². The van der Waals surface area contributed by atoms with Crippen molar-refractivity contribution in [3.8, 4) is 11.1 Å². The predicted octanol–water partition coefficient (Wildman–Crippen LogP) is 4.74. The van der Waals surface area contributed by atoms with Crippen LogP contribution in [0, 0.1) is 0 Å². The van der Waals surface area contributed by atoms with Crippen LogP contribution in [0.2, 0.25) is 0 Å². The van der Waals surface area contributed by atoms with Crippen LogP contribution in [0.5, 0.6) is 0 Å². The molecule has 0 radical (unpaired) electrons. The fraction of sp³-hybridized carbons (Fsp3) is 0.0500. The molecule has 3 aromatic rings. The zero-order valence-corrected chi connectivity index (χ0v) is 12.3. The van der Waals surface area contributed by atoms with E-state index in [-0.39, 0.29) is 5.91 Å². The molecule has 0 saturated carbocycles. The van der Waals surface area contributed by atoms with Crippen molar-refractivity contribution in [2.75, 3.05) is 11.9 Å². The minimum atomic E-state index is 0.0692. The maximum Gasteiger partial charge on any atom is 0.258 e. The Morgan fingerprint density at radius 2 is 1.73 bits per heavy atom. The van der Waals surface area contributed by atoms with Gasteiger partial charge in [0.05, 0.1) is 5.69 Å². The van der Waals surface area contributed by atoms with Crippen LogP contribution in [0.25, 0.3) is 28.0 Å². The molecule has 106 valence electrons. The third-order valence-electron chi connectivity index (χ3n) is 4.37. The molecule has 0 spiro atoms. The second-order valence-corrected chi connectivity index (χ2v) is 5.55. The Bertz CT molecular complexity index is 922. The second-order valence-electron chi connectivity index (χ2n) is 5.55. The number of carbonyl (C=O) groups excluding carboxylic acids is 1. The van der Waals surface area contributed by atoms with E-state index in [1.54, 1.807) is 4.90 Å². The maximum atomic E-state index is 12.3. The molecular weight excluding hydrogens is 270 g/mol. The standard InChI is InChI=1S/C20H15NO/c1-3-13-7-9-14(10-8-13)15-11-12-18-19-16(15)5-4-6-17(19)20(22)21(18)2/h3-12H,1H2,2H3. The van der Waals surface area contributed by atoms with Gasteiger partial charge in [0, 0.05) is 18.0 Å². The summed E-state index contributed by atoms with van der Waals surface area (Å²) in [6.07, 6.45) is 1.84. The SMILES string of the molecule is C=Cc1ccc(-c2ccc3c4c(cccc24)C(=O)N3C)cc1. The highest BCUT2D eigenvalue weighted by molar-refractivity contribution is 6.26. The summed E-state index contributed by atoms with van der Waals surface area (Å²) in [6.45, 7) is 3.79. The fourth-order valence-corrected chi connectivity index (χ4v) is 3.19. The summed E-state index contributed by atoms with van der Waals surface area (Å²) in [7, 11) is 1.83. The van der Waals surface area contributed by atoms with Gasteiger partial charge in [-0.05, 0) is 34.2 Å². The zero-order chi connectivity index (χ0) is 15.3. The molecule has 2 nitrogen and oxygen atoms in total. The Labute approximate surface area is 129 Å². The molecule has 1 heterocycles. The Morgan fingerprint density at radius 3 is 2.45 bits per heavy atom. The van der Waals surface area contributed by atoms with Gasteiger partial charge in [0.2, 0.25) is 0 Å². The molecule has 1 aliphatic rings. The summed E-state index contributed by atoms with van der Waals surface area (Å²) < 4.78 is 0. The van der Waals surface area contributed by atoms with E-state index in [0.717, 1.165) is 38.7 Å². The van der Waals surface area contributed by atoms with Crippen molar-refractivity contribution in [3.05, 3.63) is 72.3 Å². The van der Waals surface area contributed by atoms with Crippen LogP contribution in [0.15, 0.2) is 61.2 Å². The van der Waals surface area contributed by atoms with Crippen LogP contribution < -0.4 is 4.90 Å². The number of amides is 1. The summed E-state index contributed by atoms with van der Waals surface area (Å²) in [6, 6.07) is 18.4. The molecule has 1 aliphatic heterocycles. The lowest BCUT2D eigenvalue weighted by atomic mass is 9.95. The van der Waals surface area contributed by atoms with E-state index in [1.165, 1.54) is 0 Å². The van der Waals surface area contributed by atoms with E-state index < -0.39 is 0 Å². The molecule has 0 atom stereocenters. The van der Waals surface area contributed by atoms with Crippen LogP contribution in [-0.2, 0) is 0 Å². The molecule has 0 fully saturated rings. The number of anilines is 1. The predicted molar refractivity (Wildman–Crippen MR) is 92.2 cm³/mol. The summed E-state index contributed by atoms with van der Waals surface area (Å²) in [5.74, 6) is 0.0692. The van der Waals surface area contributed by atoms with E-state index in [1.807, 2.05) is 31.3 Å². The molecule has 0 aromatic heterocycles. The third-order valence-corrected chi connectivity index (χ3v) is 4.37. The third kappa shape index (κ3) is 1.64. The smallest absolute Gasteiger partial charge is 0.258 e. The van der Waals surface area contributed by atoms with Gasteiger partial charge in [-0.2, -0.15) is 0 Å². The van der Waals surface area contributed by atoms with Gasteiger partial charge in [0.1, 0.15) is 0 Å². The summed E-state index contributed by atoms with van der Waals surface area (Å²) in [5, 5.41) is 2.18. The molecule has 3 aromatic carbocycles. The highest BCUT2D eigenvalue weighted by Gasteiger charge is 2.27. The van der Waals surface area contributed by atoms with Crippen LogP contribution in [0.4, 0.5) is 5.69 Å². The van der Waals surface area contributed by atoms with E-state index in [2.05, 4.69) is 43.0 Å². The topological polar surface area (TPSA) is 20.3 Å². The van der Waals surface area contributed by atoms with Crippen LogP contribution in [-0.4, -0.2) is 13.0 Å². The van der Waals surface area contributed by atoms with E-state index in [9.17, 15) is 4.79 Å². The molecule has 1 amide bonds. The Kier molecular flexibility index (Phi) is 2.67. The lowest BCUT2D eigenvalue weighted by molar-refractivity contribution is 0.0999. The number of hydrogen-bond donors (Lipinski definition) is 0. The number of carbonyl (C=O) groups is 1. The maximum absolute atomic E-state index is 12.3. The molecule has 0 N–H and O–H groups in total. The number of nitrogens with zero attached hydrogens (tertiary/aromatic N) is 1. The zero-order valence-electron chi connectivity index (χ0n) is 12.3. The highest BCUT2D eigenvalue weighted by atomic mass is 16.2. The van der Waals surface area contributed by atoms with Gasteiger partial charge in [-0.25, -0.2) is 0 Å². The monoisotopic (exact) mass is 285 g/mol. The molecule has 0 aliphatic carbocycles. The Hall–Kier alpha value is -2.87. The molecule has 22 heavy (non-hydrogen) atoms. The first-order chi connectivity index (χ1) is 10.7. The summed E-state index contributed by atoms with van der Waals surface area (Å²) >= 11 is 0. The fourth-order valence-electron chi connectivity index (χ4n) is 3.19. The largest absolute Gasteiger partial charge is 0.311 e. The highest BCUT2D eigenvalue weighted by Crippen LogP contribution is 2.41. The first-order valence-corrected chi connectivity index (χ1v) is 7.27. The second kappa shape index (κ2) is 4.57. The Balaban J connectivity index is 2.01. The van der Waals surface area contributed by atoms with Gasteiger partial charge < -0.3 is 4.90 Å². The van der Waals surface area contributed by atoms with Gasteiger partial charge >= 0.3 is 0 Å². The normalized spacial score (nSPS) is 13.0. The van der Waals surface area contributed by atoms with E-state index in [0.29, 0.717) is 0 Å². The van der Waals surface area contributed by atoms with Crippen molar-refractivity contribution in [1.29, 1.82) is 0 Å². The molecule has 0 bridgehead atoms. The van der Waals surface area contributed by atoms with Crippen molar-refractivity contribution in [2.45, 2.75) is 0 Å². The van der Waals surface area contributed by atoms with Crippen molar-refractivity contribution in [2.24, 2.45) is 0 Å². The van der Waals surface area contributed by atoms with Crippen molar-refractivity contribution in [3.63, 3.8) is 0 Å². The van der Waals surface area contributed by atoms with Crippen molar-refractivity contribution < 1.29 is 4.79 Å². The first-order valence-electron chi connectivity index (χ1n) is 7.27.